The average molecular weight is 582 g/mol. The minimum atomic E-state index is -1.88. The number of carbonyl (C=O) groups excluding carboxylic acids is 1. The zero-order chi connectivity index (χ0) is 29.5. The van der Waals surface area contributed by atoms with E-state index < -0.39 is 81.1 Å². The first-order chi connectivity index (χ1) is 18.4. The van der Waals surface area contributed by atoms with Crippen molar-refractivity contribution in [1.29, 1.82) is 0 Å². The van der Waals surface area contributed by atoms with Gasteiger partial charge in [-0.15, -0.1) is 0 Å². The van der Waals surface area contributed by atoms with Crippen molar-refractivity contribution in [3.05, 3.63) is 35.9 Å². The quantitative estimate of drug-likeness (QED) is 0.0668. The van der Waals surface area contributed by atoms with Gasteiger partial charge in [0.1, 0.15) is 36.6 Å². The molecule has 0 bridgehead atoms. The summed E-state index contributed by atoms with van der Waals surface area (Å²) in [6, 6.07) is 9.49. The largest absolute Gasteiger partial charge is 0.394 e. The van der Waals surface area contributed by atoms with Crippen LogP contribution in [0.25, 0.3) is 0 Å². The van der Waals surface area contributed by atoms with Gasteiger partial charge in [0.05, 0.1) is 38.6 Å². The Labute approximate surface area is 231 Å². The Morgan fingerprint density at radius 3 is 1.72 bits per heavy atom. The van der Waals surface area contributed by atoms with E-state index in [0.29, 0.717) is 5.75 Å². The first kappa shape index (κ1) is 35.8. The highest BCUT2D eigenvalue weighted by Gasteiger charge is 2.34. The number of hydrogen-bond acceptors (Lipinski definition) is 14. The molecule has 226 valence electrons. The van der Waals surface area contributed by atoms with Gasteiger partial charge in [0.25, 0.3) is 0 Å². The third-order valence-corrected chi connectivity index (χ3v) is 7.25. The van der Waals surface area contributed by atoms with Gasteiger partial charge in [-0.05, 0) is 5.56 Å². The summed E-state index contributed by atoms with van der Waals surface area (Å²) >= 11 is 1.16. The Hall–Kier alpha value is -1.24. The molecule has 1 aromatic rings. The number of rotatable bonds is 20. The molecule has 0 saturated carbocycles. The average Bonchev–Trinajstić information content (AvgIpc) is 2.95. The van der Waals surface area contributed by atoms with Gasteiger partial charge in [-0.2, -0.15) is 0 Å². The minimum absolute atomic E-state index is 0.00290. The van der Waals surface area contributed by atoms with Crippen LogP contribution in [0.1, 0.15) is 12.5 Å². The van der Waals surface area contributed by atoms with E-state index in [2.05, 4.69) is 0 Å². The molecule has 0 aromatic heterocycles. The van der Waals surface area contributed by atoms with Crippen LogP contribution in [0.5, 0.6) is 0 Å². The van der Waals surface area contributed by atoms with Crippen LogP contribution < -0.4 is 0 Å². The fourth-order valence-corrected chi connectivity index (χ4v) is 4.38. The van der Waals surface area contributed by atoms with E-state index in [4.69, 9.17) is 14.9 Å². The molecular weight excluding hydrogens is 538 g/mol. The van der Waals surface area contributed by atoms with Crippen LogP contribution in [0, 0.1) is 5.92 Å². The lowest BCUT2D eigenvalue weighted by molar-refractivity contribution is -0.131. The molecule has 13 nitrogen and oxygen atoms in total. The molecule has 14 heteroatoms. The molecule has 0 spiro atoms. The summed E-state index contributed by atoms with van der Waals surface area (Å²) in [5, 5.41) is 97.6. The van der Waals surface area contributed by atoms with E-state index in [0.717, 1.165) is 17.3 Å². The number of aliphatic hydroxyl groups excluding tert-OH is 10. The molecule has 0 heterocycles. The zero-order valence-corrected chi connectivity index (χ0v) is 22.7. The molecule has 0 radical (unpaired) electrons. The van der Waals surface area contributed by atoms with Crippen molar-refractivity contribution in [2.45, 2.75) is 61.5 Å². The first-order valence-corrected chi connectivity index (χ1v) is 13.6. The lowest BCUT2D eigenvalue weighted by Gasteiger charge is -2.33. The molecule has 1 aromatic carbocycles. The Morgan fingerprint density at radius 2 is 1.26 bits per heavy atom. The van der Waals surface area contributed by atoms with Crippen molar-refractivity contribution in [3.8, 4) is 0 Å². The number of thioether (sulfide) groups is 1. The lowest BCUT2D eigenvalue weighted by Crippen LogP contribution is -2.53. The second-order valence-electron chi connectivity index (χ2n) is 9.43. The second-order valence-corrected chi connectivity index (χ2v) is 10.4. The van der Waals surface area contributed by atoms with E-state index in [1.165, 1.54) is 4.90 Å². The zero-order valence-electron chi connectivity index (χ0n) is 21.9. The third kappa shape index (κ3) is 12.9. The summed E-state index contributed by atoms with van der Waals surface area (Å²) in [6.07, 6.45) is -14.3. The van der Waals surface area contributed by atoms with Crippen molar-refractivity contribution in [1.82, 2.24) is 4.90 Å². The van der Waals surface area contributed by atoms with Gasteiger partial charge in [0.2, 0.25) is 0 Å². The second kappa shape index (κ2) is 19.0. The predicted octanol–water partition coefficient (Wildman–Crippen LogP) is -3.73. The standard InChI is InChI=1S/C25H43NO12S/c1-15(25(37)39-14-16-5-3-2-4-6-16)13-38-8-7-26(9-17(29)21(33)23(35)19(31)11-27)10-18(30)22(34)24(36)20(32)12-28/h2-6,15,17-24,27-36H,7-14H2,1H3/t15?,17-,18-,19+,20+,21+,22+,23+,24+/m0/s1. The number of aliphatic hydroxyl groups is 10. The predicted molar refractivity (Wildman–Crippen MR) is 141 cm³/mol. The monoisotopic (exact) mass is 581 g/mol. The van der Waals surface area contributed by atoms with Crippen LogP contribution >= 0.6 is 11.8 Å². The summed E-state index contributed by atoms with van der Waals surface area (Å²) in [5.41, 5.74) is 1.01. The molecule has 1 unspecified atom stereocenters. The molecule has 10 N–H and O–H groups in total. The van der Waals surface area contributed by atoms with Crippen LogP contribution in [-0.4, -0.2) is 156 Å². The van der Waals surface area contributed by atoms with Crippen LogP contribution in [0.2, 0.25) is 0 Å². The number of ether oxygens (including phenoxy) is 1. The molecule has 0 fully saturated rings. The van der Waals surface area contributed by atoms with Crippen LogP contribution in [0.3, 0.4) is 0 Å². The topological polar surface area (TPSA) is 232 Å². The van der Waals surface area contributed by atoms with Gasteiger partial charge >= 0.3 is 0 Å². The molecule has 9 atom stereocenters. The molecule has 0 saturated heterocycles. The van der Waals surface area contributed by atoms with Gasteiger partial charge < -0.3 is 55.8 Å². The van der Waals surface area contributed by atoms with Gasteiger partial charge in [0.15, 0.2) is 5.12 Å². The molecule has 39 heavy (non-hydrogen) atoms. The summed E-state index contributed by atoms with van der Waals surface area (Å²) in [7, 11) is 0. The van der Waals surface area contributed by atoms with Crippen molar-refractivity contribution in [2.24, 2.45) is 5.92 Å². The minimum Gasteiger partial charge on any atom is -0.394 e. The number of nitrogens with zero attached hydrogens (tertiary/aromatic N) is 1. The molecule has 0 aliphatic carbocycles. The third-order valence-electron chi connectivity index (χ3n) is 6.09. The molecule has 1 rings (SSSR count). The van der Waals surface area contributed by atoms with Gasteiger partial charge in [-0.3, -0.25) is 9.69 Å². The van der Waals surface area contributed by atoms with Crippen LogP contribution in [0.15, 0.2) is 30.3 Å². The molecule has 0 aliphatic heterocycles. The van der Waals surface area contributed by atoms with Crippen molar-refractivity contribution >= 4 is 16.9 Å². The highest BCUT2D eigenvalue weighted by Crippen LogP contribution is 2.18. The maximum absolute atomic E-state index is 12.4. The van der Waals surface area contributed by atoms with Crippen molar-refractivity contribution < 1.29 is 60.6 Å². The highest BCUT2D eigenvalue weighted by atomic mass is 32.2. The summed E-state index contributed by atoms with van der Waals surface area (Å²) < 4.78 is 5.58. The van der Waals surface area contributed by atoms with Gasteiger partial charge in [-0.1, -0.05) is 49.0 Å². The van der Waals surface area contributed by atoms with Gasteiger partial charge in [-0.25, -0.2) is 0 Å². The Kier molecular flexibility index (Phi) is 17.4. The number of hydrogen-bond donors (Lipinski definition) is 10. The van der Waals surface area contributed by atoms with Crippen molar-refractivity contribution in [2.75, 3.05) is 46.1 Å². The summed E-state index contributed by atoms with van der Waals surface area (Å²) in [6.45, 7) is -0.738. The first-order valence-electron chi connectivity index (χ1n) is 12.6. The summed E-state index contributed by atoms with van der Waals surface area (Å²) in [5.74, 6) is 0.0866. The number of benzene rings is 1. The number of carbonyl (C=O) groups is 1. The molecule has 0 amide bonds. The Balaban J connectivity index is 2.70. The van der Waals surface area contributed by atoms with Crippen LogP contribution in [-0.2, 0) is 15.3 Å². The Bertz CT molecular complexity index is 764. The van der Waals surface area contributed by atoms with E-state index >= 15 is 0 Å². The lowest BCUT2D eigenvalue weighted by atomic mass is 10.0. The maximum atomic E-state index is 12.4. The summed E-state index contributed by atoms with van der Waals surface area (Å²) in [4.78, 5) is 13.7. The fraction of sp³-hybridized carbons (Fsp3) is 0.720. The highest BCUT2D eigenvalue weighted by molar-refractivity contribution is 8.13. The van der Waals surface area contributed by atoms with Gasteiger partial charge in [0, 0.05) is 31.3 Å². The van der Waals surface area contributed by atoms with Crippen molar-refractivity contribution in [3.63, 3.8) is 0 Å². The normalized spacial score (nSPS) is 19.1. The Morgan fingerprint density at radius 1 is 0.795 bits per heavy atom. The van der Waals surface area contributed by atoms with E-state index in [9.17, 15) is 45.6 Å². The SMILES string of the molecule is CC(COCCN(C[C@H](O)[C@@H](O)[C@H](O)[C@H](O)CO)C[C@H](O)[C@@H](O)[C@H](O)[C@H](O)CO)C(=O)SCc1ccccc1. The molecular formula is C25H43NO12S. The van der Waals surface area contributed by atoms with Crippen LogP contribution in [0.4, 0.5) is 0 Å². The fourth-order valence-electron chi connectivity index (χ4n) is 3.52. The van der Waals surface area contributed by atoms with E-state index in [1.54, 1.807) is 6.92 Å². The molecule has 0 aliphatic rings. The maximum Gasteiger partial charge on any atom is 0.194 e. The van der Waals surface area contributed by atoms with E-state index in [1.807, 2.05) is 30.3 Å². The smallest absolute Gasteiger partial charge is 0.194 e. The van der Waals surface area contributed by atoms with E-state index in [-0.39, 0.29) is 24.9 Å².